The SMILES string of the molecule is CC1CC(=N)N=C(c2ccccc2C(F)(F)F)N1c1n[nH]c2ccccc12. The molecule has 2 heterocycles. The smallest absolute Gasteiger partial charge is 0.305 e. The van der Waals surface area contributed by atoms with E-state index in [1.807, 2.05) is 31.2 Å². The monoisotopic (exact) mass is 371 g/mol. The van der Waals surface area contributed by atoms with Gasteiger partial charge >= 0.3 is 6.18 Å². The van der Waals surface area contributed by atoms with Crippen LogP contribution in [0.1, 0.15) is 24.5 Å². The molecular formula is C19H16F3N5. The predicted octanol–water partition coefficient (Wildman–Crippen LogP) is 4.60. The number of anilines is 1. The Balaban J connectivity index is 1.94. The normalized spacial score (nSPS) is 18.1. The van der Waals surface area contributed by atoms with Crippen molar-refractivity contribution in [2.45, 2.75) is 25.6 Å². The first-order valence-corrected chi connectivity index (χ1v) is 8.41. The molecule has 1 unspecified atom stereocenters. The van der Waals surface area contributed by atoms with Gasteiger partial charge in [0.1, 0.15) is 11.7 Å². The lowest BCUT2D eigenvalue weighted by Crippen LogP contribution is -2.45. The molecule has 1 aliphatic rings. The van der Waals surface area contributed by atoms with Crippen LogP contribution in [0.4, 0.5) is 19.0 Å². The molecule has 5 nitrogen and oxygen atoms in total. The first kappa shape index (κ1) is 17.3. The number of halogens is 3. The number of rotatable bonds is 2. The molecule has 0 aliphatic carbocycles. The van der Waals surface area contributed by atoms with Crippen LogP contribution in [-0.2, 0) is 6.18 Å². The molecule has 0 saturated carbocycles. The molecule has 8 heteroatoms. The lowest BCUT2D eigenvalue weighted by molar-refractivity contribution is -0.137. The second-order valence-corrected chi connectivity index (χ2v) is 6.44. The lowest BCUT2D eigenvalue weighted by Gasteiger charge is -2.34. The van der Waals surface area contributed by atoms with Crippen molar-refractivity contribution < 1.29 is 13.2 Å². The second kappa shape index (κ2) is 6.22. The van der Waals surface area contributed by atoms with Crippen LogP contribution in [0.3, 0.4) is 0 Å². The predicted molar refractivity (Wildman–Crippen MR) is 98.4 cm³/mol. The molecule has 2 aromatic carbocycles. The van der Waals surface area contributed by atoms with Gasteiger partial charge in [0.2, 0.25) is 0 Å². The highest BCUT2D eigenvalue weighted by Gasteiger charge is 2.38. The number of nitrogens with zero attached hydrogens (tertiary/aromatic N) is 3. The first-order valence-electron chi connectivity index (χ1n) is 8.41. The van der Waals surface area contributed by atoms with Gasteiger partial charge in [0.25, 0.3) is 0 Å². The van der Waals surface area contributed by atoms with Gasteiger partial charge in [-0.1, -0.05) is 30.3 Å². The Morgan fingerprint density at radius 2 is 1.81 bits per heavy atom. The Bertz CT molecular complexity index is 1050. The first-order chi connectivity index (χ1) is 12.9. The van der Waals surface area contributed by atoms with Gasteiger partial charge in [0.05, 0.1) is 11.1 Å². The average Bonchev–Trinajstić information content (AvgIpc) is 3.04. The van der Waals surface area contributed by atoms with Gasteiger partial charge in [-0.25, -0.2) is 4.99 Å². The summed E-state index contributed by atoms with van der Waals surface area (Å²) >= 11 is 0. The standard InChI is InChI=1S/C19H16F3N5/c1-11-10-16(23)24-17(12-6-2-4-8-14(12)19(20,21)22)27(11)18-13-7-3-5-9-15(13)25-26-18/h2-9,11,23H,10H2,1H3,(H,25,26). The minimum Gasteiger partial charge on any atom is -0.305 e. The van der Waals surface area contributed by atoms with Gasteiger partial charge in [-0.2, -0.15) is 18.3 Å². The number of aliphatic imine (C=N–C) groups is 1. The van der Waals surface area contributed by atoms with Crippen LogP contribution in [0.25, 0.3) is 10.9 Å². The summed E-state index contributed by atoms with van der Waals surface area (Å²) < 4.78 is 40.7. The zero-order chi connectivity index (χ0) is 19.2. The number of fused-ring (bicyclic) bond motifs is 1. The van der Waals surface area contributed by atoms with E-state index in [0.717, 1.165) is 17.0 Å². The molecule has 2 N–H and O–H groups in total. The van der Waals surface area contributed by atoms with Crippen molar-refractivity contribution in [2.75, 3.05) is 4.90 Å². The molecule has 1 aromatic heterocycles. The number of H-pyrrole nitrogens is 1. The van der Waals surface area contributed by atoms with E-state index in [1.54, 1.807) is 4.90 Å². The fraction of sp³-hybridized carbons (Fsp3) is 0.211. The van der Waals surface area contributed by atoms with Gasteiger partial charge in [-0.3, -0.25) is 10.5 Å². The van der Waals surface area contributed by atoms with Crippen LogP contribution in [0.15, 0.2) is 53.5 Å². The lowest BCUT2D eigenvalue weighted by atomic mass is 10.0. The minimum absolute atomic E-state index is 0.0468. The molecule has 0 bridgehead atoms. The van der Waals surface area contributed by atoms with Crippen molar-refractivity contribution in [1.82, 2.24) is 10.2 Å². The molecule has 0 spiro atoms. The average molecular weight is 371 g/mol. The van der Waals surface area contributed by atoms with E-state index < -0.39 is 11.7 Å². The van der Waals surface area contributed by atoms with Crippen molar-refractivity contribution in [1.29, 1.82) is 5.41 Å². The summed E-state index contributed by atoms with van der Waals surface area (Å²) in [4.78, 5) is 5.88. The maximum absolute atomic E-state index is 13.6. The van der Waals surface area contributed by atoms with Crippen molar-refractivity contribution >= 4 is 28.4 Å². The highest BCUT2D eigenvalue weighted by Crippen LogP contribution is 2.36. The van der Waals surface area contributed by atoms with Crippen molar-refractivity contribution in [3.05, 3.63) is 59.7 Å². The van der Waals surface area contributed by atoms with Crippen LogP contribution in [-0.4, -0.2) is 27.9 Å². The topological polar surface area (TPSA) is 68.1 Å². The summed E-state index contributed by atoms with van der Waals surface area (Å²) in [5, 5.41) is 16.0. The van der Waals surface area contributed by atoms with Crippen LogP contribution < -0.4 is 4.90 Å². The van der Waals surface area contributed by atoms with Crippen LogP contribution in [0.2, 0.25) is 0 Å². The number of hydrogen-bond acceptors (Lipinski definition) is 3. The quantitative estimate of drug-likeness (QED) is 0.691. The summed E-state index contributed by atoms with van der Waals surface area (Å²) in [6, 6.07) is 12.4. The van der Waals surface area contributed by atoms with Gasteiger partial charge < -0.3 is 4.90 Å². The maximum atomic E-state index is 13.6. The third-order valence-electron chi connectivity index (χ3n) is 4.55. The van der Waals surface area contributed by atoms with Gasteiger partial charge in [-0.05, 0) is 25.1 Å². The Morgan fingerprint density at radius 1 is 1.11 bits per heavy atom. The van der Waals surface area contributed by atoms with E-state index in [1.165, 1.54) is 18.2 Å². The Morgan fingerprint density at radius 3 is 2.59 bits per heavy atom. The molecule has 138 valence electrons. The van der Waals surface area contributed by atoms with Crippen LogP contribution >= 0.6 is 0 Å². The highest BCUT2D eigenvalue weighted by atomic mass is 19.4. The van der Waals surface area contributed by atoms with E-state index in [9.17, 15) is 13.2 Å². The molecule has 1 aliphatic heterocycles. The number of alkyl halides is 3. The molecule has 0 amide bonds. The van der Waals surface area contributed by atoms with E-state index in [0.29, 0.717) is 12.2 Å². The largest absolute Gasteiger partial charge is 0.417 e. The van der Waals surface area contributed by atoms with Crippen molar-refractivity contribution in [3.8, 4) is 0 Å². The number of benzene rings is 2. The minimum atomic E-state index is -4.53. The van der Waals surface area contributed by atoms with E-state index in [2.05, 4.69) is 15.2 Å². The van der Waals surface area contributed by atoms with Gasteiger partial charge in [0.15, 0.2) is 5.82 Å². The highest BCUT2D eigenvalue weighted by molar-refractivity contribution is 6.19. The number of hydrogen-bond donors (Lipinski definition) is 2. The summed E-state index contributed by atoms with van der Waals surface area (Å²) in [6.45, 7) is 1.85. The van der Waals surface area contributed by atoms with Crippen LogP contribution in [0.5, 0.6) is 0 Å². The molecule has 27 heavy (non-hydrogen) atoms. The van der Waals surface area contributed by atoms with Crippen molar-refractivity contribution in [3.63, 3.8) is 0 Å². The molecule has 4 rings (SSSR count). The summed E-state index contributed by atoms with van der Waals surface area (Å²) in [5.74, 6) is 0.635. The van der Waals surface area contributed by atoms with E-state index in [4.69, 9.17) is 5.41 Å². The Hall–Kier alpha value is -3.16. The molecule has 0 radical (unpaired) electrons. The van der Waals surface area contributed by atoms with E-state index >= 15 is 0 Å². The summed E-state index contributed by atoms with van der Waals surface area (Å²) in [7, 11) is 0. The number of aromatic nitrogens is 2. The third kappa shape index (κ3) is 2.97. The fourth-order valence-corrected chi connectivity index (χ4v) is 3.36. The van der Waals surface area contributed by atoms with E-state index in [-0.39, 0.29) is 23.3 Å². The number of nitrogens with one attached hydrogen (secondary N) is 2. The van der Waals surface area contributed by atoms with Crippen LogP contribution in [0, 0.1) is 5.41 Å². The number of amidine groups is 2. The molecular weight excluding hydrogens is 355 g/mol. The van der Waals surface area contributed by atoms with Gasteiger partial charge in [-0.15, -0.1) is 0 Å². The molecule has 0 saturated heterocycles. The molecule has 1 atom stereocenters. The number of aromatic amines is 1. The zero-order valence-corrected chi connectivity index (χ0v) is 14.4. The Labute approximate surface area is 153 Å². The second-order valence-electron chi connectivity index (χ2n) is 6.44. The number of para-hydroxylation sites is 1. The Kier molecular flexibility index (Phi) is 3.98. The van der Waals surface area contributed by atoms with Crippen molar-refractivity contribution in [2.24, 2.45) is 4.99 Å². The zero-order valence-electron chi connectivity index (χ0n) is 14.4. The molecule has 3 aromatic rings. The summed E-state index contributed by atoms with van der Waals surface area (Å²) in [5.41, 5.74) is -0.0623. The fourth-order valence-electron chi connectivity index (χ4n) is 3.36. The maximum Gasteiger partial charge on any atom is 0.417 e. The summed E-state index contributed by atoms with van der Waals surface area (Å²) in [6.07, 6.45) is -4.21. The van der Waals surface area contributed by atoms with Gasteiger partial charge in [0, 0.05) is 23.4 Å². The molecule has 0 fully saturated rings. The third-order valence-corrected chi connectivity index (χ3v) is 4.55.